The highest BCUT2D eigenvalue weighted by Gasteiger charge is 2.36. The van der Waals surface area contributed by atoms with Crippen LogP contribution in [0.3, 0.4) is 0 Å². The largest absolute Gasteiger partial charge is 0.483 e. The summed E-state index contributed by atoms with van der Waals surface area (Å²) in [6.07, 6.45) is 0.156. The number of ether oxygens (including phenoxy) is 1. The molecule has 0 aromatic carbocycles. The maximum absolute atomic E-state index is 11.7. The Hall–Kier alpha value is -0.185. The van der Waals surface area contributed by atoms with Crippen molar-refractivity contribution in [3.05, 3.63) is 0 Å². The minimum atomic E-state index is -4.63. The molecular weight excluding hydrogens is 132 g/mol. The lowest BCUT2D eigenvalue weighted by molar-refractivity contribution is 0.194. The lowest BCUT2D eigenvalue weighted by atomic mass is 9.72. The van der Waals surface area contributed by atoms with Crippen LogP contribution in [0.1, 0.15) is 6.42 Å². The van der Waals surface area contributed by atoms with E-state index < -0.39 is 12.8 Å². The molecule has 54 valence electrons. The molecular formula is C4H7BF3O-. The smallest absolute Gasteiger partial charge is 0.449 e. The highest BCUT2D eigenvalue weighted by molar-refractivity contribution is 6.60. The highest BCUT2D eigenvalue weighted by atomic mass is 19.4. The van der Waals surface area contributed by atoms with Crippen molar-refractivity contribution in [1.82, 2.24) is 0 Å². The van der Waals surface area contributed by atoms with Gasteiger partial charge in [-0.2, -0.15) is 0 Å². The first-order chi connectivity index (χ1) is 4.11. The summed E-state index contributed by atoms with van der Waals surface area (Å²) in [4.78, 5) is 0. The molecule has 9 heavy (non-hydrogen) atoms. The molecule has 0 amide bonds. The van der Waals surface area contributed by atoms with Crippen molar-refractivity contribution in [2.75, 3.05) is 13.2 Å². The predicted octanol–water partition coefficient (Wildman–Crippen LogP) is 1.62. The second-order valence-electron chi connectivity index (χ2n) is 2.25. The van der Waals surface area contributed by atoms with Crippen LogP contribution in [0.2, 0.25) is 5.82 Å². The van der Waals surface area contributed by atoms with Gasteiger partial charge >= 0.3 is 6.98 Å². The van der Waals surface area contributed by atoms with E-state index in [0.29, 0.717) is 0 Å². The quantitative estimate of drug-likeness (QED) is 0.501. The fourth-order valence-corrected chi connectivity index (χ4v) is 0.851. The summed E-state index contributed by atoms with van der Waals surface area (Å²) in [6, 6.07) is 0. The summed E-state index contributed by atoms with van der Waals surface area (Å²) in [5.74, 6) is -1.15. The molecule has 1 heterocycles. The fourth-order valence-electron chi connectivity index (χ4n) is 0.851. The standard InChI is InChI=1S/C4H7BF3O/c6-5(7,8)4-1-2-9-3-4/h4H,1-3H2/q-1/t4-/m1/s1. The average molecular weight is 139 g/mol. The van der Waals surface area contributed by atoms with Gasteiger partial charge < -0.3 is 17.7 Å². The van der Waals surface area contributed by atoms with Crippen molar-refractivity contribution in [3.8, 4) is 0 Å². The van der Waals surface area contributed by atoms with E-state index >= 15 is 0 Å². The van der Waals surface area contributed by atoms with E-state index in [1.807, 2.05) is 0 Å². The second-order valence-corrected chi connectivity index (χ2v) is 2.25. The minimum Gasteiger partial charge on any atom is -0.449 e. The van der Waals surface area contributed by atoms with Gasteiger partial charge in [-0.15, -0.1) is 0 Å². The Bertz CT molecular complexity index is 96.5. The van der Waals surface area contributed by atoms with E-state index in [1.165, 1.54) is 0 Å². The average Bonchev–Trinajstić information content (AvgIpc) is 2.08. The second kappa shape index (κ2) is 2.21. The Morgan fingerprint density at radius 1 is 1.33 bits per heavy atom. The number of hydrogen-bond acceptors (Lipinski definition) is 1. The summed E-state index contributed by atoms with van der Waals surface area (Å²) in [5, 5.41) is 0. The monoisotopic (exact) mass is 139 g/mol. The van der Waals surface area contributed by atoms with Gasteiger partial charge in [0.1, 0.15) is 0 Å². The Labute approximate surface area is 51.2 Å². The summed E-state index contributed by atoms with van der Waals surface area (Å²) >= 11 is 0. The number of halogens is 3. The van der Waals surface area contributed by atoms with E-state index in [-0.39, 0.29) is 19.6 Å². The normalized spacial score (nSPS) is 29.0. The minimum absolute atomic E-state index is 0.122. The van der Waals surface area contributed by atoms with Crippen LogP contribution in [-0.4, -0.2) is 20.2 Å². The van der Waals surface area contributed by atoms with Crippen molar-refractivity contribution in [2.24, 2.45) is 0 Å². The van der Waals surface area contributed by atoms with Gasteiger partial charge in [-0.1, -0.05) is 0 Å². The van der Waals surface area contributed by atoms with Crippen LogP contribution in [0, 0.1) is 0 Å². The molecule has 0 spiro atoms. The van der Waals surface area contributed by atoms with E-state index in [2.05, 4.69) is 4.74 Å². The van der Waals surface area contributed by atoms with Crippen molar-refractivity contribution in [3.63, 3.8) is 0 Å². The molecule has 1 fully saturated rings. The first-order valence-electron chi connectivity index (χ1n) is 2.88. The van der Waals surface area contributed by atoms with Gasteiger partial charge in [0, 0.05) is 13.2 Å². The zero-order valence-electron chi connectivity index (χ0n) is 4.82. The van der Waals surface area contributed by atoms with Crippen molar-refractivity contribution in [2.45, 2.75) is 12.2 Å². The van der Waals surface area contributed by atoms with E-state index in [4.69, 9.17) is 0 Å². The van der Waals surface area contributed by atoms with Crippen molar-refractivity contribution >= 4 is 6.98 Å². The van der Waals surface area contributed by atoms with Crippen LogP contribution in [0.4, 0.5) is 12.9 Å². The first-order valence-corrected chi connectivity index (χ1v) is 2.88. The van der Waals surface area contributed by atoms with Crippen LogP contribution in [-0.2, 0) is 4.74 Å². The van der Waals surface area contributed by atoms with Gasteiger partial charge in [-0.3, -0.25) is 0 Å². The molecule has 0 aromatic rings. The van der Waals surface area contributed by atoms with Crippen LogP contribution in [0.15, 0.2) is 0 Å². The zero-order valence-corrected chi connectivity index (χ0v) is 4.82. The summed E-state index contributed by atoms with van der Waals surface area (Å²) < 4.78 is 39.8. The van der Waals surface area contributed by atoms with Crippen LogP contribution >= 0.6 is 0 Å². The summed E-state index contributed by atoms with van der Waals surface area (Å²) in [7, 11) is 0. The third kappa shape index (κ3) is 1.61. The molecule has 0 radical (unpaired) electrons. The van der Waals surface area contributed by atoms with Gasteiger partial charge in [0.05, 0.1) is 0 Å². The van der Waals surface area contributed by atoms with E-state index in [0.717, 1.165) is 0 Å². The molecule has 0 aliphatic carbocycles. The molecule has 1 saturated heterocycles. The van der Waals surface area contributed by atoms with Crippen molar-refractivity contribution in [1.29, 1.82) is 0 Å². The third-order valence-corrected chi connectivity index (χ3v) is 1.50. The van der Waals surface area contributed by atoms with Gasteiger partial charge in [-0.25, -0.2) is 0 Å². The molecule has 0 bridgehead atoms. The first kappa shape index (κ1) is 6.93. The predicted molar refractivity (Wildman–Crippen MR) is 28.3 cm³/mol. The summed E-state index contributed by atoms with van der Waals surface area (Å²) in [5.41, 5.74) is 0. The van der Waals surface area contributed by atoms with Crippen molar-refractivity contribution < 1.29 is 17.7 Å². The molecule has 0 unspecified atom stereocenters. The Kier molecular flexibility index (Phi) is 1.70. The SMILES string of the molecule is F[B-](F)(F)[C@@H]1CCOC1. The van der Waals surface area contributed by atoms with Gasteiger partial charge in [0.25, 0.3) is 0 Å². The lowest BCUT2D eigenvalue weighted by Crippen LogP contribution is -2.23. The third-order valence-electron chi connectivity index (χ3n) is 1.50. The maximum Gasteiger partial charge on any atom is 0.483 e. The molecule has 1 rings (SSSR count). The molecule has 1 aliphatic rings. The molecule has 0 saturated carbocycles. The Balaban J connectivity index is 2.42. The van der Waals surface area contributed by atoms with Crippen LogP contribution in [0.25, 0.3) is 0 Å². The molecule has 1 atom stereocenters. The maximum atomic E-state index is 11.7. The Morgan fingerprint density at radius 2 is 2.00 bits per heavy atom. The highest BCUT2D eigenvalue weighted by Crippen LogP contribution is 2.32. The van der Waals surface area contributed by atoms with E-state index in [9.17, 15) is 12.9 Å². The molecule has 5 heteroatoms. The van der Waals surface area contributed by atoms with Crippen LogP contribution < -0.4 is 0 Å². The van der Waals surface area contributed by atoms with Crippen LogP contribution in [0.5, 0.6) is 0 Å². The number of rotatable bonds is 1. The summed E-state index contributed by atoms with van der Waals surface area (Å²) in [6.45, 7) is -4.48. The number of hydrogen-bond donors (Lipinski definition) is 0. The Morgan fingerprint density at radius 3 is 2.22 bits per heavy atom. The lowest BCUT2D eigenvalue weighted by Gasteiger charge is -2.19. The topological polar surface area (TPSA) is 9.23 Å². The zero-order chi connectivity index (χ0) is 6.91. The fraction of sp³-hybridized carbons (Fsp3) is 1.00. The van der Waals surface area contributed by atoms with Gasteiger partial charge in [0.15, 0.2) is 0 Å². The molecule has 1 aliphatic heterocycles. The molecule has 0 N–H and O–H groups in total. The van der Waals surface area contributed by atoms with Gasteiger partial charge in [-0.05, 0) is 12.2 Å². The molecule has 1 nitrogen and oxygen atoms in total. The molecule has 0 aromatic heterocycles. The van der Waals surface area contributed by atoms with Gasteiger partial charge in [0.2, 0.25) is 0 Å². The van der Waals surface area contributed by atoms with E-state index in [1.54, 1.807) is 0 Å².